The average Bonchev–Trinajstić information content (AvgIpc) is 2.63. The van der Waals surface area contributed by atoms with Gasteiger partial charge in [-0.2, -0.15) is 11.8 Å². The van der Waals surface area contributed by atoms with Crippen molar-refractivity contribution < 1.29 is 0 Å². The predicted octanol–water partition coefficient (Wildman–Crippen LogP) is 2.69. The molecular weight excluding hydrogens is 178 g/mol. The molecule has 1 aliphatic carbocycles. The molecule has 0 spiro atoms. The van der Waals surface area contributed by atoms with Crippen LogP contribution in [0, 0.1) is 5.92 Å². The standard InChI is InChI=1S/C11H21NS/c1-2-8-13-9-7-12-10-11-5-3-4-6-11/h2,11-12H,1,3-10H2. The fourth-order valence-electron chi connectivity index (χ4n) is 1.83. The molecule has 1 rings (SSSR count). The zero-order chi connectivity index (χ0) is 9.36. The second kappa shape index (κ2) is 7.45. The van der Waals surface area contributed by atoms with E-state index in [4.69, 9.17) is 0 Å². The average molecular weight is 199 g/mol. The summed E-state index contributed by atoms with van der Waals surface area (Å²) < 4.78 is 0. The summed E-state index contributed by atoms with van der Waals surface area (Å²) in [6.45, 7) is 6.11. The first kappa shape index (κ1) is 11.1. The molecule has 0 aromatic heterocycles. The smallest absolute Gasteiger partial charge is 0.0111 e. The van der Waals surface area contributed by atoms with E-state index in [1.807, 2.05) is 17.8 Å². The van der Waals surface area contributed by atoms with Crippen LogP contribution in [0.2, 0.25) is 0 Å². The predicted molar refractivity (Wildman–Crippen MR) is 62.3 cm³/mol. The Morgan fingerprint density at radius 3 is 2.85 bits per heavy atom. The second-order valence-electron chi connectivity index (χ2n) is 3.72. The van der Waals surface area contributed by atoms with Gasteiger partial charge in [0.2, 0.25) is 0 Å². The first-order chi connectivity index (χ1) is 6.43. The van der Waals surface area contributed by atoms with Crippen LogP contribution in [0.1, 0.15) is 25.7 Å². The molecular formula is C11H21NS. The lowest BCUT2D eigenvalue weighted by Gasteiger charge is -2.09. The van der Waals surface area contributed by atoms with Crippen molar-refractivity contribution in [2.24, 2.45) is 5.92 Å². The van der Waals surface area contributed by atoms with Crippen molar-refractivity contribution in [3.63, 3.8) is 0 Å². The number of hydrogen-bond donors (Lipinski definition) is 1. The molecule has 0 aromatic rings. The summed E-state index contributed by atoms with van der Waals surface area (Å²) in [5, 5.41) is 3.53. The van der Waals surface area contributed by atoms with Gasteiger partial charge in [-0.25, -0.2) is 0 Å². The van der Waals surface area contributed by atoms with E-state index in [0.29, 0.717) is 0 Å². The Morgan fingerprint density at radius 1 is 1.38 bits per heavy atom. The van der Waals surface area contributed by atoms with E-state index >= 15 is 0 Å². The van der Waals surface area contributed by atoms with Gasteiger partial charge in [0, 0.05) is 18.1 Å². The lowest BCUT2D eigenvalue weighted by atomic mass is 10.1. The molecule has 0 radical (unpaired) electrons. The molecule has 1 N–H and O–H groups in total. The number of rotatable bonds is 7. The molecule has 0 aromatic carbocycles. The molecule has 0 bridgehead atoms. The minimum atomic E-state index is 0.976. The van der Waals surface area contributed by atoms with Gasteiger partial charge in [0.15, 0.2) is 0 Å². The van der Waals surface area contributed by atoms with E-state index in [1.165, 1.54) is 38.0 Å². The van der Waals surface area contributed by atoms with Crippen molar-refractivity contribution in [1.82, 2.24) is 5.32 Å². The number of nitrogens with one attached hydrogen (secondary N) is 1. The molecule has 0 atom stereocenters. The molecule has 13 heavy (non-hydrogen) atoms. The summed E-state index contributed by atoms with van der Waals surface area (Å²) in [4.78, 5) is 0. The zero-order valence-corrected chi connectivity index (χ0v) is 9.24. The fraction of sp³-hybridized carbons (Fsp3) is 0.818. The Balaban J connectivity index is 1.80. The van der Waals surface area contributed by atoms with Crippen LogP contribution in [0.15, 0.2) is 12.7 Å². The van der Waals surface area contributed by atoms with Crippen LogP contribution in [-0.2, 0) is 0 Å². The summed E-state index contributed by atoms with van der Waals surface area (Å²) in [6, 6.07) is 0. The maximum Gasteiger partial charge on any atom is 0.0111 e. The first-order valence-corrected chi connectivity index (χ1v) is 6.48. The van der Waals surface area contributed by atoms with Gasteiger partial charge in [-0.15, -0.1) is 6.58 Å². The quantitative estimate of drug-likeness (QED) is 0.500. The normalized spacial score (nSPS) is 17.8. The van der Waals surface area contributed by atoms with Gasteiger partial charge in [-0.1, -0.05) is 18.9 Å². The van der Waals surface area contributed by atoms with Crippen LogP contribution in [0.5, 0.6) is 0 Å². The molecule has 0 saturated heterocycles. The lowest BCUT2D eigenvalue weighted by molar-refractivity contribution is 0.500. The Kier molecular flexibility index (Phi) is 6.38. The van der Waals surface area contributed by atoms with E-state index < -0.39 is 0 Å². The molecule has 2 heteroatoms. The largest absolute Gasteiger partial charge is 0.316 e. The van der Waals surface area contributed by atoms with Gasteiger partial charge in [-0.05, 0) is 25.3 Å². The van der Waals surface area contributed by atoms with Gasteiger partial charge in [-0.3, -0.25) is 0 Å². The SMILES string of the molecule is C=CCSCCNCC1CCCC1. The molecule has 1 fully saturated rings. The van der Waals surface area contributed by atoms with Crippen LogP contribution < -0.4 is 5.32 Å². The topological polar surface area (TPSA) is 12.0 Å². The zero-order valence-electron chi connectivity index (χ0n) is 8.43. The minimum Gasteiger partial charge on any atom is -0.316 e. The third-order valence-electron chi connectivity index (χ3n) is 2.57. The van der Waals surface area contributed by atoms with Crippen molar-refractivity contribution in [3.05, 3.63) is 12.7 Å². The summed E-state index contributed by atoms with van der Waals surface area (Å²) >= 11 is 1.96. The van der Waals surface area contributed by atoms with E-state index in [9.17, 15) is 0 Å². The Morgan fingerprint density at radius 2 is 2.15 bits per heavy atom. The maximum atomic E-state index is 3.70. The Labute approximate surface area is 86.4 Å². The van der Waals surface area contributed by atoms with Gasteiger partial charge in [0.1, 0.15) is 0 Å². The molecule has 1 aliphatic rings. The fourth-order valence-corrected chi connectivity index (χ4v) is 2.45. The highest BCUT2D eigenvalue weighted by Crippen LogP contribution is 2.23. The number of hydrogen-bond acceptors (Lipinski definition) is 2. The number of thioether (sulfide) groups is 1. The van der Waals surface area contributed by atoms with E-state index in [2.05, 4.69) is 11.9 Å². The van der Waals surface area contributed by atoms with Crippen LogP contribution in [0.4, 0.5) is 0 Å². The highest BCUT2D eigenvalue weighted by molar-refractivity contribution is 7.99. The van der Waals surface area contributed by atoms with E-state index in [0.717, 1.165) is 18.2 Å². The highest BCUT2D eigenvalue weighted by atomic mass is 32.2. The van der Waals surface area contributed by atoms with E-state index in [-0.39, 0.29) is 0 Å². The molecule has 1 saturated carbocycles. The molecule has 0 heterocycles. The van der Waals surface area contributed by atoms with Crippen LogP contribution in [0.25, 0.3) is 0 Å². The summed E-state index contributed by atoms with van der Waals surface area (Å²) in [7, 11) is 0. The van der Waals surface area contributed by atoms with Crippen molar-refractivity contribution in [2.75, 3.05) is 24.6 Å². The molecule has 1 nitrogen and oxygen atoms in total. The van der Waals surface area contributed by atoms with Crippen LogP contribution in [-0.4, -0.2) is 24.6 Å². The second-order valence-corrected chi connectivity index (χ2v) is 4.87. The van der Waals surface area contributed by atoms with E-state index in [1.54, 1.807) is 0 Å². The Hall–Kier alpha value is 0.0500. The monoisotopic (exact) mass is 199 g/mol. The summed E-state index contributed by atoms with van der Waals surface area (Å²) in [5.41, 5.74) is 0. The lowest BCUT2D eigenvalue weighted by Crippen LogP contribution is -2.23. The minimum absolute atomic E-state index is 0.976. The molecule has 0 amide bonds. The first-order valence-electron chi connectivity index (χ1n) is 5.33. The third kappa shape index (κ3) is 5.37. The Bertz CT molecular complexity index is 130. The molecule has 0 unspecified atom stereocenters. The summed E-state index contributed by atoms with van der Waals surface area (Å²) in [5.74, 6) is 3.29. The van der Waals surface area contributed by atoms with Crippen molar-refractivity contribution in [1.29, 1.82) is 0 Å². The van der Waals surface area contributed by atoms with Crippen LogP contribution in [0.3, 0.4) is 0 Å². The van der Waals surface area contributed by atoms with Gasteiger partial charge in [0.05, 0.1) is 0 Å². The molecule has 0 aliphatic heterocycles. The molecule has 76 valence electrons. The maximum absolute atomic E-state index is 3.70. The van der Waals surface area contributed by atoms with Gasteiger partial charge >= 0.3 is 0 Å². The van der Waals surface area contributed by atoms with Gasteiger partial charge < -0.3 is 5.32 Å². The summed E-state index contributed by atoms with van der Waals surface area (Å²) in [6.07, 6.45) is 7.79. The highest BCUT2D eigenvalue weighted by Gasteiger charge is 2.13. The van der Waals surface area contributed by atoms with Gasteiger partial charge in [0.25, 0.3) is 0 Å². The van der Waals surface area contributed by atoms with Crippen molar-refractivity contribution in [3.8, 4) is 0 Å². The van der Waals surface area contributed by atoms with Crippen LogP contribution >= 0.6 is 11.8 Å². The third-order valence-corrected chi connectivity index (χ3v) is 3.53. The van der Waals surface area contributed by atoms with Crippen molar-refractivity contribution >= 4 is 11.8 Å². The van der Waals surface area contributed by atoms with Crippen molar-refractivity contribution in [2.45, 2.75) is 25.7 Å².